The molecule has 1 fully saturated rings. The Kier molecular flexibility index (Phi) is 6.84. The molecule has 5 rings (SSSR count). The van der Waals surface area contributed by atoms with Gasteiger partial charge >= 0.3 is 0 Å². The van der Waals surface area contributed by atoms with Crippen molar-refractivity contribution in [2.45, 2.75) is 24.3 Å². The van der Waals surface area contributed by atoms with E-state index in [1.165, 1.54) is 18.2 Å². The van der Waals surface area contributed by atoms with E-state index in [2.05, 4.69) is 33.6 Å². The molecule has 10 heteroatoms. The summed E-state index contributed by atoms with van der Waals surface area (Å²) in [5.74, 6) is -1.05. The maximum Gasteiger partial charge on any atom is 0.252 e. The van der Waals surface area contributed by atoms with E-state index in [4.69, 9.17) is 0 Å². The first-order valence-corrected chi connectivity index (χ1v) is 14.5. The van der Waals surface area contributed by atoms with Gasteiger partial charge in [0.15, 0.2) is 0 Å². The molecule has 7 nitrogen and oxygen atoms in total. The number of amides is 2. The highest BCUT2D eigenvalue weighted by Gasteiger charge is 2.46. The van der Waals surface area contributed by atoms with Crippen LogP contribution >= 0.6 is 27.3 Å². The van der Waals surface area contributed by atoms with Crippen molar-refractivity contribution in [2.75, 3.05) is 11.4 Å². The van der Waals surface area contributed by atoms with Gasteiger partial charge in [-0.2, -0.15) is 4.31 Å². The molecule has 1 atom stereocenters. The van der Waals surface area contributed by atoms with Crippen LogP contribution < -0.4 is 4.90 Å². The normalized spacial score (nSPS) is 16.2. The molecular weight excluding hydrogens is 574 g/mol. The number of hydrogen-bond acceptors (Lipinski definition) is 6. The summed E-state index contributed by atoms with van der Waals surface area (Å²) >= 11 is 4.87. The van der Waals surface area contributed by atoms with Gasteiger partial charge < -0.3 is 0 Å². The van der Waals surface area contributed by atoms with E-state index < -0.39 is 27.9 Å². The second kappa shape index (κ2) is 9.94. The minimum atomic E-state index is -4.05. The van der Waals surface area contributed by atoms with Crippen molar-refractivity contribution in [2.24, 2.45) is 0 Å². The number of aryl methyl sites for hydroxylation is 1. The fraction of sp³-hybridized carbons (Fsp3) is 0.148. The molecule has 0 spiro atoms. The number of carbonyl (C=O) groups excluding carboxylic acids is 2. The molecule has 1 aromatic heterocycles. The summed E-state index contributed by atoms with van der Waals surface area (Å²) in [5.41, 5.74) is 3.32. The Balaban J connectivity index is 1.42. The summed E-state index contributed by atoms with van der Waals surface area (Å²) in [6.45, 7) is 5.57. The number of imide groups is 1. The van der Waals surface area contributed by atoms with Gasteiger partial charge in [-0.1, -0.05) is 28.1 Å². The minimum absolute atomic E-state index is 0.0339. The highest BCUT2D eigenvalue weighted by molar-refractivity contribution is 9.10. The second-order valence-corrected chi connectivity index (χ2v) is 12.5. The predicted molar refractivity (Wildman–Crippen MR) is 149 cm³/mol. The first kappa shape index (κ1) is 25.5. The van der Waals surface area contributed by atoms with E-state index in [9.17, 15) is 18.0 Å². The van der Waals surface area contributed by atoms with Crippen LogP contribution in [0.1, 0.15) is 12.0 Å². The third-order valence-corrected chi connectivity index (χ3v) is 9.60. The molecule has 0 saturated carbocycles. The third-order valence-electron chi connectivity index (χ3n) is 6.12. The van der Waals surface area contributed by atoms with Crippen LogP contribution in [0.15, 0.2) is 88.8 Å². The van der Waals surface area contributed by atoms with E-state index in [0.717, 1.165) is 40.0 Å². The zero-order valence-electron chi connectivity index (χ0n) is 19.8. The molecule has 0 aliphatic carbocycles. The molecule has 2 amide bonds. The van der Waals surface area contributed by atoms with Gasteiger partial charge in [-0.15, -0.1) is 17.9 Å². The van der Waals surface area contributed by atoms with Crippen molar-refractivity contribution >= 4 is 65.0 Å². The number of rotatable bonds is 7. The van der Waals surface area contributed by atoms with Gasteiger partial charge in [0.2, 0.25) is 15.9 Å². The fourth-order valence-electron chi connectivity index (χ4n) is 4.28. The molecule has 1 unspecified atom stereocenters. The molecule has 0 bridgehead atoms. The summed E-state index contributed by atoms with van der Waals surface area (Å²) in [4.78, 5) is 32.2. The number of benzene rings is 3. The van der Waals surface area contributed by atoms with E-state index >= 15 is 0 Å². The number of thiazole rings is 1. The lowest BCUT2D eigenvalue weighted by molar-refractivity contribution is -0.122. The second-order valence-electron chi connectivity index (χ2n) is 8.64. The summed E-state index contributed by atoms with van der Waals surface area (Å²) in [6, 6.07) is 18.1. The van der Waals surface area contributed by atoms with E-state index in [-0.39, 0.29) is 17.9 Å². The number of halogens is 1. The van der Waals surface area contributed by atoms with Crippen LogP contribution in [-0.2, 0) is 19.6 Å². The Morgan fingerprint density at radius 3 is 2.49 bits per heavy atom. The van der Waals surface area contributed by atoms with Crippen LogP contribution in [0.3, 0.4) is 0 Å². The van der Waals surface area contributed by atoms with Crippen molar-refractivity contribution in [3.05, 3.63) is 89.4 Å². The molecule has 37 heavy (non-hydrogen) atoms. The van der Waals surface area contributed by atoms with Gasteiger partial charge in [0, 0.05) is 16.6 Å². The van der Waals surface area contributed by atoms with Gasteiger partial charge in [-0.3, -0.25) is 9.59 Å². The Labute approximate surface area is 227 Å². The van der Waals surface area contributed by atoms with E-state index in [1.54, 1.807) is 35.6 Å². The molecule has 2 heterocycles. The molecular formula is C27H22BrN3O4S2. The molecule has 0 N–H and O–H groups in total. The highest BCUT2D eigenvalue weighted by atomic mass is 79.9. The summed E-state index contributed by atoms with van der Waals surface area (Å²) in [7, 11) is -4.05. The largest absolute Gasteiger partial charge is 0.274 e. The predicted octanol–water partition coefficient (Wildman–Crippen LogP) is 5.54. The molecule has 1 saturated heterocycles. The maximum atomic E-state index is 13.4. The van der Waals surface area contributed by atoms with Crippen LogP contribution in [-0.4, -0.2) is 42.1 Å². The average molecular weight is 597 g/mol. The van der Waals surface area contributed by atoms with Gasteiger partial charge in [-0.25, -0.2) is 18.3 Å². The van der Waals surface area contributed by atoms with E-state index in [1.807, 2.05) is 31.2 Å². The quantitative estimate of drug-likeness (QED) is 0.207. The lowest BCUT2D eigenvalue weighted by Gasteiger charge is -2.25. The van der Waals surface area contributed by atoms with Crippen LogP contribution in [0.4, 0.5) is 5.69 Å². The monoisotopic (exact) mass is 595 g/mol. The van der Waals surface area contributed by atoms with Crippen molar-refractivity contribution in [3.8, 4) is 10.6 Å². The van der Waals surface area contributed by atoms with Gasteiger partial charge in [0.25, 0.3) is 5.91 Å². The maximum absolute atomic E-state index is 13.4. The Morgan fingerprint density at radius 1 is 1.11 bits per heavy atom. The number of carbonyl (C=O) groups is 2. The van der Waals surface area contributed by atoms with Gasteiger partial charge in [0.05, 0.1) is 27.2 Å². The molecule has 0 radical (unpaired) electrons. The zero-order valence-corrected chi connectivity index (χ0v) is 23.0. The topological polar surface area (TPSA) is 87.7 Å². The number of aromatic nitrogens is 1. The standard InChI is InChI=1S/C27H22BrN3O4S2/c1-3-14-30(37(34,35)21-11-7-19(28)8-12-21)23-16-25(32)31(27(23)33)20-9-5-18(6-10-20)26-29-22-13-4-17(2)15-24(22)36-26/h3-13,15,23H,1,14,16H2,2H3. The number of sulfonamides is 1. The first-order chi connectivity index (χ1) is 17.7. The van der Waals surface area contributed by atoms with Crippen LogP contribution in [0.25, 0.3) is 20.8 Å². The average Bonchev–Trinajstić information content (AvgIpc) is 3.42. The number of fused-ring (bicyclic) bond motifs is 1. The Hall–Kier alpha value is -3.18. The fourth-order valence-corrected chi connectivity index (χ4v) is 7.17. The highest BCUT2D eigenvalue weighted by Crippen LogP contribution is 2.34. The first-order valence-electron chi connectivity index (χ1n) is 11.4. The summed E-state index contributed by atoms with van der Waals surface area (Å²) in [5, 5.41) is 0.835. The Morgan fingerprint density at radius 2 is 1.81 bits per heavy atom. The number of hydrogen-bond donors (Lipinski definition) is 0. The van der Waals surface area contributed by atoms with Gasteiger partial charge in [0.1, 0.15) is 11.0 Å². The SMILES string of the molecule is C=CCN(C1CC(=O)N(c2ccc(-c3nc4ccc(C)cc4s3)cc2)C1=O)S(=O)(=O)c1ccc(Br)cc1. The van der Waals surface area contributed by atoms with Crippen molar-refractivity contribution < 1.29 is 18.0 Å². The summed E-state index contributed by atoms with van der Waals surface area (Å²) in [6.07, 6.45) is 1.16. The van der Waals surface area contributed by atoms with Gasteiger partial charge in [-0.05, 0) is 73.2 Å². The molecule has 4 aromatic rings. The molecule has 188 valence electrons. The van der Waals surface area contributed by atoms with Crippen molar-refractivity contribution in [1.29, 1.82) is 0 Å². The number of anilines is 1. The third kappa shape index (κ3) is 4.77. The molecule has 1 aliphatic heterocycles. The van der Waals surface area contributed by atoms with Crippen molar-refractivity contribution in [1.82, 2.24) is 9.29 Å². The van der Waals surface area contributed by atoms with Crippen molar-refractivity contribution in [3.63, 3.8) is 0 Å². The lowest BCUT2D eigenvalue weighted by atomic mass is 10.2. The molecule has 3 aromatic carbocycles. The van der Waals surface area contributed by atoms with Crippen LogP contribution in [0.2, 0.25) is 0 Å². The van der Waals surface area contributed by atoms with Crippen LogP contribution in [0.5, 0.6) is 0 Å². The zero-order chi connectivity index (χ0) is 26.3. The van der Waals surface area contributed by atoms with E-state index in [0.29, 0.717) is 5.69 Å². The summed E-state index contributed by atoms with van der Waals surface area (Å²) < 4.78 is 29.6. The number of nitrogens with zero attached hydrogens (tertiary/aromatic N) is 3. The Bertz CT molecular complexity index is 1630. The lowest BCUT2D eigenvalue weighted by Crippen LogP contribution is -2.45. The van der Waals surface area contributed by atoms with Crippen LogP contribution in [0, 0.1) is 6.92 Å². The molecule has 1 aliphatic rings. The smallest absolute Gasteiger partial charge is 0.252 e. The minimum Gasteiger partial charge on any atom is -0.274 e.